The second-order valence-corrected chi connectivity index (χ2v) is 6.93. The Bertz CT molecular complexity index is 1050. The molecule has 6 nitrogen and oxygen atoms in total. The van der Waals surface area contributed by atoms with Crippen LogP contribution in [0.15, 0.2) is 60.9 Å². The first kappa shape index (κ1) is 22.0. The van der Waals surface area contributed by atoms with Crippen LogP contribution < -0.4 is 10.2 Å². The molecule has 0 saturated carbocycles. The molecule has 8 heteroatoms. The molecule has 3 aromatic rings. The number of nitrogens with zero attached hydrogens (tertiary/aromatic N) is 3. The molecule has 0 aliphatic heterocycles. The molecule has 1 aromatic carbocycles. The molecule has 0 aliphatic rings. The first-order valence-corrected chi connectivity index (χ1v) is 9.66. The van der Waals surface area contributed by atoms with Crippen LogP contribution in [0.4, 0.5) is 14.5 Å². The molecular weight excluding hydrogens is 402 g/mol. The van der Waals surface area contributed by atoms with Crippen LogP contribution in [0.1, 0.15) is 28.5 Å². The maximum Gasteiger partial charge on any atom is 0.256 e. The Hall–Kier alpha value is -3.68. The van der Waals surface area contributed by atoms with Crippen LogP contribution in [0.25, 0.3) is 11.3 Å². The van der Waals surface area contributed by atoms with Gasteiger partial charge in [0, 0.05) is 42.8 Å². The van der Waals surface area contributed by atoms with Gasteiger partial charge in [0.25, 0.3) is 12.3 Å². The Morgan fingerprint density at radius 2 is 1.81 bits per heavy atom. The monoisotopic (exact) mass is 424 g/mol. The van der Waals surface area contributed by atoms with Gasteiger partial charge in [-0.25, -0.2) is 8.78 Å². The molecule has 2 amide bonds. The fraction of sp³-hybridized carbons (Fsp3) is 0.217. The average molecular weight is 424 g/mol. The van der Waals surface area contributed by atoms with E-state index in [2.05, 4.69) is 15.3 Å². The number of benzene rings is 1. The van der Waals surface area contributed by atoms with Gasteiger partial charge >= 0.3 is 0 Å². The van der Waals surface area contributed by atoms with Crippen LogP contribution in [0, 0.1) is 6.92 Å². The molecule has 160 valence electrons. The van der Waals surface area contributed by atoms with Crippen LogP contribution in [0.2, 0.25) is 0 Å². The molecule has 3 rings (SSSR count). The smallest absolute Gasteiger partial charge is 0.256 e. The number of aryl methyl sites for hydroxylation is 1. The van der Waals surface area contributed by atoms with E-state index in [9.17, 15) is 18.4 Å². The van der Waals surface area contributed by atoms with Crippen molar-refractivity contribution in [1.82, 2.24) is 15.3 Å². The van der Waals surface area contributed by atoms with Crippen LogP contribution in [0.5, 0.6) is 0 Å². The van der Waals surface area contributed by atoms with Gasteiger partial charge in [-0.1, -0.05) is 18.2 Å². The highest BCUT2D eigenvalue weighted by molar-refractivity contribution is 5.94. The van der Waals surface area contributed by atoms with Crippen LogP contribution in [-0.4, -0.2) is 34.8 Å². The highest BCUT2D eigenvalue weighted by Gasteiger charge is 2.17. The van der Waals surface area contributed by atoms with Crippen LogP contribution in [-0.2, 0) is 11.3 Å². The third kappa shape index (κ3) is 5.69. The van der Waals surface area contributed by atoms with E-state index in [1.165, 1.54) is 13.1 Å². The second kappa shape index (κ2) is 9.88. The van der Waals surface area contributed by atoms with E-state index in [1.807, 2.05) is 19.1 Å². The highest BCUT2D eigenvalue weighted by atomic mass is 19.3. The van der Waals surface area contributed by atoms with Gasteiger partial charge < -0.3 is 10.2 Å². The number of carbonyl (C=O) groups is 2. The average Bonchev–Trinajstić information content (AvgIpc) is 2.77. The van der Waals surface area contributed by atoms with Crippen LogP contribution >= 0.6 is 0 Å². The number of hydrogen-bond acceptors (Lipinski definition) is 4. The number of halogens is 2. The van der Waals surface area contributed by atoms with Crippen molar-refractivity contribution >= 4 is 17.5 Å². The molecule has 0 unspecified atom stereocenters. The van der Waals surface area contributed by atoms with Gasteiger partial charge in [0.05, 0.1) is 17.8 Å². The van der Waals surface area contributed by atoms with Crippen molar-refractivity contribution in [1.29, 1.82) is 0 Å². The summed E-state index contributed by atoms with van der Waals surface area (Å²) in [7, 11) is 0. The van der Waals surface area contributed by atoms with Gasteiger partial charge in [-0.2, -0.15) is 0 Å². The van der Waals surface area contributed by atoms with Crippen molar-refractivity contribution in [2.45, 2.75) is 26.8 Å². The molecule has 0 saturated heterocycles. The van der Waals surface area contributed by atoms with Gasteiger partial charge in [-0.15, -0.1) is 0 Å². The van der Waals surface area contributed by atoms with Crippen molar-refractivity contribution in [2.75, 3.05) is 11.4 Å². The summed E-state index contributed by atoms with van der Waals surface area (Å²) >= 11 is 0. The number of carbonyl (C=O) groups excluding carboxylic acids is 2. The molecule has 2 heterocycles. The van der Waals surface area contributed by atoms with Crippen molar-refractivity contribution in [3.05, 3.63) is 77.7 Å². The number of hydrogen-bond donors (Lipinski definition) is 1. The maximum absolute atomic E-state index is 12.7. The Balaban J connectivity index is 1.67. The van der Waals surface area contributed by atoms with Crippen molar-refractivity contribution < 1.29 is 18.4 Å². The van der Waals surface area contributed by atoms with Crippen LogP contribution in [0.3, 0.4) is 0 Å². The lowest BCUT2D eigenvalue weighted by atomic mass is 10.1. The first-order chi connectivity index (χ1) is 14.8. The van der Waals surface area contributed by atoms with E-state index in [1.54, 1.807) is 42.6 Å². The third-order valence-corrected chi connectivity index (χ3v) is 4.76. The standard InChI is InChI=1S/C23H22F2N4O2/c1-15-18(4-3-11-26-15)12-28-23(31)19-7-10-21(27-13-19)17-5-8-20(9-6-17)29(16(2)30)14-22(24)25/h3-11,13,22H,12,14H2,1-2H3,(H,28,31). The summed E-state index contributed by atoms with van der Waals surface area (Å²) in [5.74, 6) is -0.704. The summed E-state index contributed by atoms with van der Waals surface area (Å²) in [6.45, 7) is 2.84. The normalized spacial score (nSPS) is 10.7. The van der Waals surface area contributed by atoms with Crippen molar-refractivity contribution in [3.63, 3.8) is 0 Å². The third-order valence-electron chi connectivity index (χ3n) is 4.76. The van der Waals surface area contributed by atoms with E-state index < -0.39 is 18.9 Å². The maximum atomic E-state index is 12.7. The van der Waals surface area contributed by atoms with E-state index in [0.29, 0.717) is 23.5 Å². The Morgan fingerprint density at radius 3 is 2.39 bits per heavy atom. The minimum atomic E-state index is -2.62. The molecule has 0 fully saturated rings. The molecular formula is C23H22F2N4O2. The van der Waals surface area contributed by atoms with Gasteiger partial charge in [0.2, 0.25) is 5.91 Å². The molecule has 0 aliphatic carbocycles. The van der Waals surface area contributed by atoms with Gasteiger partial charge in [0.15, 0.2) is 0 Å². The quantitative estimate of drug-likeness (QED) is 0.622. The van der Waals surface area contributed by atoms with Gasteiger partial charge in [-0.3, -0.25) is 19.6 Å². The summed E-state index contributed by atoms with van der Waals surface area (Å²) < 4.78 is 25.4. The second-order valence-electron chi connectivity index (χ2n) is 6.93. The molecule has 2 aromatic heterocycles. The highest BCUT2D eigenvalue weighted by Crippen LogP contribution is 2.23. The summed E-state index contributed by atoms with van der Waals surface area (Å²) in [6, 6.07) is 13.7. The molecule has 0 spiro atoms. The lowest BCUT2D eigenvalue weighted by Gasteiger charge is -2.20. The predicted octanol–water partition coefficient (Wildman–Crippen LogP) is 4.00. The summed E-state index contributed by atoms with van der Waals surface area (Å²) in [4.78, 5) is 33.6. The largest absolute Gasteiger partial charge is 0.348 e. The zero-order valence-electron chi connectivity index (χ0n) is 17.2. The van der Waals surface area contributed by atoms with Gasteiger partial charge in [0.1, 0.15) is 0 Å². The number of aromatic nitrogens is 2. The number of alkyl halides is 2. The number of rotatable bonds is 7. The molecule has 0 atom stereocenters. The fourth-order valence-corrected chi connectivity index (χ4v) is 3.05. The van der Waals surface area contributed by atoms with Crippen molar-refractivity contribution in [3.8, 4) is 11.3 Å². The predicted molar refractivity (Wildman–Crippen MR) is 114 cm³/mol. The lowest BCUT2D eigenvalue weighted by molar-refractivity contribution is -0.117. The Kier molecular flexibility index (Phi) is 7.02. The van der Waals surface area contributed by atoms with E-state index in [-0.39, 0.29) is 5.91 Å². The first-order valence-electron chi connectivity index (χ1n) is 9.66. The number of anilines is 1. The Labute approximate surface area is 179 Å². The molecule has 0 bridgehead atoms. The zero-order chi connectivity index (χ0) is 22.4. The molecule has 0 radical (unpaired) electrons. The van der Waals surface area contributed by atoms with E-state index in [0.717, 1.165) is 21.7 Å². The fourth-order valence-electron chi connectivity index (χ4n) is 3.05. The van der Waals surface area contributed by atoms with E-state index in [4.69, 9.17) is 0 Å². The minimum Gasteiger partial charge on any atom is -0.348 e. The minimum absolute atomic E-state index is 0.248. The number of amides is 2. The molecule has 31 heavy (non-hydrogen) atoms. The summed E-state index contributed by atoms with van der Waals surface area (Å²) in [5, 5.41) is 2.84. The zero-order valence-corrected chi connectivity index (χ0v) is 17.2. The van der Waals surface area contributed by atoms with Crippen molar-refractivity contribution in [2.24, 2.45) is 0 Å². The van der Waals surface area contributed by atoms with E-state index >= 15 is 0 Å². The summed E-state index contributed by atoms with van der Waals surface area (Å²) in [5.41, 5.74) is 3.96. The number of pyridine rings is 2. The Morgan fingerprint density at radius 1 is 1.06 bits per heavy atom. The molecule has 1 N–H and O–H groups in total. The summed E-state index contributed by atoms with van der Waals surface area (Å²) in [6.07, 6.45) is 0.561. The topological polar surface area (TPSA) is 75.2 Å². The number of nitrogens with one attached hydrogen (secondary N) is 1. The SMILES string of the molecule is CC(=O)N(CC(F)F)c1ccc(-c2ccc(C(=O)NCc3cccnc3C)cn2)cc1. The van der Waals surface area contributed by atoms with Gasteiger partial charge in [-0.05, 0) is 42.8 Å². The lowest BCUT2D eigenvalue weighted by Crippen LogP contribution is -2.33.